The first-order chi connectivity index (χ1) is 8.22. The summed E-state index contributed by atoms with van der Waals surface area (Å²) in [7, 11) is 3.25. The summed E-state index contributed by atoms with van der Waals surface area (Å²) >= 11 is 0. The lowest BCUT2D eigenvalue weighted by Gasteiger charge is -2.20. The molecule has 0 saturated carbocycles. The summed E-state index contributed by atoms with van der Waals surface area (Å²) in [5, 5.41) is 0. The Hall–Kier alpha value is -1.24. The summed E-state index contributed by atoms with van der Waals surface area (Å²) < 4.78 is 10.3. The van der Waals surface area contributed by atoms with Crippen molar-refractivity contribution < 1.29 is 9.47 Å². The van der Waals surface area contributed by atoms with E-state index in [9.17, 15) is 0 Å². The number of hydrazine groups is 1. The summed E-state index contributed by atoms with van der Waals surface area (Å²) in [6.45, 7) is 2.78. The number of ether oxygens (including phenoxy) is 2. The smallest absolute Gasteiger partial charge is 0.237 e. The van der Waals surface area contributed by atoms with Crippen molar-refractivity contribution >= 4 is 0 Å². The first-order valence-electron chi connectivity index (χ1n) is 5.52. The second kappa shape index (κ2) is 7.16. The number of hydrogen-bond donors (Lipinski definition) is 2. The molecule has 1 heterocycles. The standard InChI is InChI=1S/C11H20N4O2/c1-8(7-16-2)6-9(15-12)10-11(17-3)14-5-4-13-10/h4-5,8-9,15H,6-7,12H2,1-3H3. The summed E-state index contributed by atoms with van der Waals surface area (Å²) in [4.78, 5) is 8.37. The number of nitrogens with zero attached hydrogens (tertiary/aromatic N) is 2. The van der Waals surface area contributed by atoms with Crippen LogP contribution in [0.3, 0.4) is 0 Å². The Morgan fingerprint density at radius 3 is 2.65 bits per heavy atom. The lowest BCUT2D eigenvalue weighted by Crippen LogP contribution is -2.31. The molecule has 0 saturated heterocycles. The molecule has 0 aliphatic carbocycles. The van der Waals surface area contributed by atoms with Gasteiger partial charge in [0.2, 0.25) is 5.88 Å². The van der Waals surface area contributed by atoms with Gasteiger partial charge in [0, 0.05) is 26.1 Å². The highest BCUT2D eigenvalue weighted by Crippen LogP contribution is 2.24. The summed E-state index contributed by atoms with van der Waals surface area (Å²) in [6.07, 6.45) is 4.02. The largest absolute Gasteiger partial charge is 0.480 e. The molecule has 96 valence electrons. The van der Waals surface area contributed by atoms with Crippen LogP contribution >= 0.6 is 0 Å². The van der Waals surface area contributed by atoms with Gasteiger partial charge in [0.15, 0.2) is 0 Å². The zero-order valence-corrected chi connectivity index (χ0v) is 10.5. The first kappa shape index (κ1) is 13.8. The zero-order valence-electron chi connectivity index (χ0n) is 10.5. The number of nitrogens with two attached hydrogens (primary N) is 1. The molecule has 1 aromatic rings. The Morgan fingerprint density at radius 2 is 2.06 bits per heavy atom. The van der Waals surface area contributed by atoms with Crippen molar-refractivity contribution in [3.05, 3.63) is 18.1 Å². The Kier molecular flexibility index (Phi) is 5.82. The van der Waals surface area contributed by atoms with Crippen LogP contribution in [0.25, 0.3) is 0 Å². The minimum Gasteiger partial charge on any atom is -0.480 e. The highest BCUT2D eigenvalue weighted by Gasteiger charge is 2.19. The van der Waals surface area contributed by atoms with Crippen molar-refractivity contribution in [1.82, 2.24) is 15.4 Å². The molecule has 6 heteroatoms. The van der Waals surface area contributed by atoms with Crippen LogP contribution in [-0.2, 0) is 4.74 Å². The minimum atomic E-state index is -0.0937. The molecule has 2 unspecified atom stereocenters. The van der Waals surface area contributed by atoms with Gasteiger partial charge in [-0.1, -0.05) is 6.92 Å². The monoisotopic (exact) mass is 240 g/mol. The molecule has 2 atom stereocenters. The third kappa shape index (κ3) is 3.92. The Labute approximate surface area is 102 Å². The second-order valence-electron chi connectivity index (χ2n) is 3.97. The van der Waals surface area contributed by atoms with Gasteiger partial charge in [0.25, 0.3) is 0 Å². The van der Waals surface area contributed by atoms with Crippen molar-refractivity contribution in [2.45, 2.75) is 19.4 Å². The van der Waals surface area contributed by atoms with Crippen molar-refractivity contribution in [2.75, 3.05) is 20.8 Å². The lowest BCUT2D eigenvalue weighted by molar-refractivity contribution is 0.148. The Balaban J connectivity index is 2.78. The third-order valence-electron chi connectivity index (χ3n) is 2.51. The summed E-state index contributed by atoms with van der Waals surface area (Å²) in [6, 6.07) is -0.0937. The molecule has 3 N–H and O–H groups in total. The van der Waals surface area contributed by atoms with Crippen LogP contribution in [-0.4, -0.2) is 30.8 Å². The van der Waals surface area contributed by atoms with Crippen LogP contribution in [0.4, 0.5) is 0 Å². The van der Waals surface area contributed by atoms with E-state index in [1.54, 1.807) is 26.6 Å². The van der Waals surface area contributed by atoms with Gasteiger partial charge in [-0.05, 0) is 12.3 Å². The average molecular weight is 240 g/mol. The van der Waals surface area contributed by atoms with E-state index in [1.165, 1.54) is 0 Å². The van der Waals surface area contributed by atoms with Crippen LogP contribution in [0.1, 0.15) is 25.1 Å². The Bertz CT molecular complexity index is 335. The molecule has 1 aromatic heterocycles. The van der Waals surface area contributed by atoms with Gasteiger partial charge in [-0.3, -0.25) is 16.3 Å². The maximum atomic E-state index is 5.56. The molecule has 0 aliphatic rings. The highest BCUT2D eigenvalue weighted by atomic mass is 16.5. The minimum absolute atomic E-state index is 0.0937. The van der Waals surface area contributed by atoms with Gasteiger partial charge < -0.3 is 9.47 Å². The summed E-state index contributed by atoms with van der Waals surface area (Å²) in [5.41, 5.74) is 3.47. The molecule has 0 spiro atoms. The van der Waals surface area contributed by atoms with Crippen molar-refractivity contribution in [3.8, 4) is 5.88 Å². The molecule has 0 radical (unpaired) electrons. The predicted octanol–water partition coefficient (Wildman–Crippen LogP) is 0.662. The van der Waals surface area contributed by atoms with E-state index in [-0.39, 0.29) is 6.04 Å². The summed E-state index contributed by atoms with van der Waals surface area (Å²) in [5.74, 6) is 6.43. The van der Waals surface area contributed by atoms with Crippen LogP contribution in [0, 0.1) is 5.92 Å². The molecule has 1 rings (SSSR count). The molecule has 0 aromatic carbocycles. The molecular weight excluding hydrogens is 220 g/mol. The van der Waals surface area contributed by atoms with Crippen LogP contribution in [0.15, 0.2) is 12.4 Å². The quantitative estimate of drug-likeness (QED) is 0.538. The number of aromatic nitrogens is 2. The fraction of sp³-hybridized carbons (Fsp3) is 0.636. The van der Waals surface area contributed by atoms with Gasteiger partial charge in [0.05, 0.1) is 13.2 Å². The van der Waals surface area contributed by atoms with E-state index >= 15 is 0 Å². The third-order valence-corrected chi connectivity index (χ3v) is 2.51. The SMILES string of the molecule is COCC(C)CC(NN)c1nccnc1OC. The van der Waals surface area contributed by atoms with Crippen LogP contribution < -0.4 is 16.0 Å². The predicted molar refractivity (Wildman–Crippen MR) is 64.3 cm³/mol. The van der Waals surface area contributed by atoms with Gasteiger partial charge in [-0.15, -0.1) is 0 Å². The molecule has 0 amide bonds. The van der Waals surface area contributed by atoms with E-state index in [0.29, 0.717) is 18.4 Å². The van der Waals surface area contributed by atoms with E-state index in [0.717, 1.165) is 12.1 Å². The van der Waals surface area contributed by atoms with E-state index in [2.05, 4.69) is 22.3 Å². The fourth-order valence-corrected chi connectivity index (χ4v) is 1.75. The lowest BCUT2D eigenvalue weighted by atomic mass is 10.0. The highest BCUT2D eigenvalue weighted by molar-refractivity contribution is 5.21. The van der Waals surface area contributed by atoms with E-state index < -0.39 is 0 Å². The van der Waals surface area contributed by atoms with Gasteiger partial charge in [-0.25, -0.2) is 4.98 Å². The molecule has 0 fully saturated rings. The molecule has 17 heavy (non-hydrogen) atoms. The first-order valence-corrected chi connectivity index (χ1v) is 5.52. The number of methoxy groups -OCH3 is 2. The number of hydrogen-bond acceptors (Lipinski definition) is 6. The number of rotatable bonds is 7. The fourth-order valence-electron chi connectivity index (χ4n) is 1.75. The normalized spacial score (nSPS) is 14.4. The number of nitrogens with one attached hydrogen (secondary N) is 1. The van der Waals surface area contributed by atoms with Crippen molar-refractivity contribution in [2.24, 2.45) is 11.8 Å². The Morgan fingerprint density at radius 1 is 1.35 bits per heavy atom. The topological polar surface area (TPSA) is 82.3 Å². The second-order valence-corrected chi connectivity index (χ2v) is 3.97. The van der Waals surface area contributed by atoms with Crippen LogP contribution in [0.5, 0.6) is 5.88 Å². The van der Waals surface area contributed by atoms with Gasteiger partial charge in [-0.2, -0.15) is 0 Å². The molecular formula is C11H20N4O2. The average Bonchev–Trinajstić information content (AvgIpc) is 2.36. The zero-order chi connectivity index (χ0) is 12.7. The molecule has 0 aliphatic heterocycles. The maximum Gasteiger partial charge on any atom is 0.237 e. The van der Waals surface area contributed by atoms with Gasteiger partial charge in [0.1, 0.15) is 5.69 Å². The van der Waals surface area contributed by atoms with Crippen molar-refractivity contribution in [1.29, 1.82) is 0 Å². The maximum absolute atomic E-state index is 5.56. The van der Waals surface area contributed by atoms with E-state index in [4.69, 9.17) is 15.3 Å². The molecule has 0 bridgehead atoms. The van der Waals surface area contributed by atoms with Crippen molar-refractivity contribution in [3.63, 3.8) is 0 Å². The van der Waals surface area contributed by atoms with Gasteiger partial charge >= 0.3 is 0 Å². The van der Waals surface area contributed by atoms with Crippen LogP contribution in [0.2, 0.25) is 0 Å². The molecule has 6 nitrogen and oxygen atoms in total. The van der Waals surface area contributed by atoms with E-state index in [1.807, 2.05) is 0 Å².